The second kappa shape index (κ2) is 8.05. The molecule has 1 aliphatic heterocycles. The van der Waals surface area contributed by atoms with Gasteiger partial charge in [0.25, 0.3) is 5.91 Å². The van der Waals surface area contributed by atoms with Crippen LogP contribution >= 0.6 is 23.7 Å². The van der Waals surface area contributed by atoms with Crippen molar-refractivity contribution in [2.75, 3.05) is 13.1 Å². The molecule has 2 heterocycles. The molecule has 1 saturated carbocycles. The Morgan fingerprint density at radius 1 is 1.27 bits per heavy atom. The number of thiazole rings is 1. The molecule has 4 atom stereocenters. The first-order valence-electron chi connectivity index (χ1n) is 8.82. The maximum Gasteiger partial charge on any atom is 0.273 e. The number of aliphatic hydroxyl groups is 1. The van der Waals surface area contributed by atoms with Crippen LogP contribution in [0.3, 0.4) is 0 Å². The van der Waals surface area contributed by atoms with Crippen LogP contribution in [0.25, 0.3) is 0 Å². The Bertz CT molecular complexity index is 740. The van der Waals surface area contributed by atoms with Gasteiger partial charge in [-0.05, 0) is 36.7 Å². The van der Waals surface area contributed by atoms with E-state index < -0.39 is 0 Å². The van der Waals surface area contributed by atoms with Crippen molar-refractivity contribution >= 4 is 29.7 Å². The third-order valence-electron chi connectivity index (χ3n) is 5.37. The molecule has 4 rings (SSSR count). The van der Waals surface area contributed by atoms with E-state index in [-0.39, 0.29) is 30.5 Å². The van der Waals surface area contributed by atoms with Crippen molar-refractivity contribution in [3.63, 3.8) is 0 Å². The second-order valence-corrected chi connectivity index (χ2v) is 8.11. The number of nitrogens with zero attached hydrogens (tertiary/aromatic N) is 2. The fourth-order valence-electron chi connectivity index (χ4n) is 4.11. The first kappa shape index (κ1) is 19.3. The molecule has 1 amide bonds. The number of carbonyl (C=O) groups excluding carboxylic acids is 1. The van der Waals surface area contributed by atoms with E-state index in [0.29, 0.717) is 24.0 Å². The van der Waals surface area contributed by atoms with E-state index in [4.69, 9.17) is 5.73 Å². The molecular formula is C19H24ClN3O2S. The Morgan fingerprint density at radius 3 is 2.58 bits per heavy atom. The molecule has 5 nitrogen and oxygen atoms in total. The molecule has 3 N–H and O–H groups in total. The lowest BCUT2D eigenvalue weighted by Crippen LogP contribution is -2.30. The number of amides is 1. The number of hydrogen-bond donors (Lipinski definition) is 2. The van der Waals surface area contributed by atoms with Crippen molar-refractivity contribution in [2.45, 2.75) is 31.4 Å². The summed E-state index contributed by atoms with van der Waals surface area (Å²) in [6.45, 7) is 1.48. The van der Waals surface area contributed by atoms with Crippen molar-refractivity contribution in [3.8, 4) is 0 Å². The summed E-state index contributed by atoms with van der Waals surface area (Å²) >= 11 is 1.46. The zero-order valence-corrected chi connectivity index (χ0v) is 16.1. The zero-order valence-electron chi connectivity index (χ0n) is 14.5. The van der Waals surface area contributed by atoms with Gasteiger partial charge in [0.2, 0.25) is 0 Å². The normalized spacial score (nSPS) is 25.6. The van der Waals surface area contributed by atoms with Gasteiger partial charge in [-0.2, -0.15) is 0 Å². The zero-order chi connectivity index (χ0) is 17.4. The highest BCUT2D eigenvalue weighted by Crippen LogP contribution is 2.38. The van der Waals surface area contributed by atoms with Crippen molar-refractivity contribution in [1.29, 1.82) is 0 Å². The first-order valence-corrected chi connectivity index (χ1v) is 9.70. The molecule has 1 aromatic carbocycles. The van der Waals surface area contributed by atoms with E-state index >= 15 is 0 Å². The highest BCUT2D eigenvalue weighted by Gasteiger charge is 2.42. The lowest BCUT2D eigenvalue weighted by Gasteiger charge is -2.16. The third kappa shape index (κ3) is 3.93. The van der Waals surface area contributed by atoms with Gasteiger partial charge in [0.05, 0.1) is 12.1 Å². The topological polar surface area (TPSA) is 79.5 Å². The smallest absolute Gasteiger partial charge is 0.273 e. The molecule has 1 aliphatic carbocycles. The van der Waals surface area contributed by atoms with Gasteiger partial charge in [0.1, 0.15) is 10.7 Å². The van der Waals surface area contributed by atoms with Crippen LogP contribution < -0.4 is 5.73 Å². The minimum absolute atomic E-state index is 0. The Morgan fingerprint density at radius 2 is 1.92 bits per heavy atom. The molecule has 26 heavy (non-hydrogen) atoms. The molecule has 0 bridgehead atoms. The van der Waals surface area contributed by atoms with Gasteiger partial charge in [0.15, 0.2) is 0 Å². The van der Waals surface area contributed by atoms with Crippen LogP contribution in [0.15, 0.2) is 35.7 Å². The standard InChI is InChI=1S/C19H23N3O2S.ClH/c20-16(6-12-4-2-1-3-5-12)18-21-17(11-25-18)19(24)22-9-13-7-15(23)8-14(13)10-22;/h1-5,11,13-16,23H,6-10,20H2;1H/t13-,14+,15?,16-;/m0./s1. The maximum absolute atomic E-state index is 12.7. The molecule has 2 fully saturated rings. The quantitative estimate of drug-likeness (QED) is 0.836. The Hall–Kier alpha value is -1.47. The van der Waals surface area contributed by atoms with Gasteiger partial charge in [-0.1, -0.05) is 30.3 Å². The molecule has 2 aliphatic rings. The number of fused-ring (bicyclic) bond motifs is 1. The van der Waals surface area contributed by atoms with Crippen molar-refractivity contribution in [2.24, 2.45) is 17.6 Å². The summed E-state index contributed by atoms with van der Waals surface area (Å²) in [6.07, 6.45) is 2.17. The number of benzene rings is 1. The van der Waals surface area contributed by atoms with Crippen LogP contribution in [0.4, 0.5) is 0 Å². The van der Waals surface area contributed by atoms with E-state index in [2.05, 4.69) is 17.1 Å². The fraction of sp³-hybridized carbons (Fsp3) is 0.474. The average Bonchev–Trinajstić information content (AvgIpc) is 3.29. The van der Waals surface area contributed by atoms with E-state index in [1.54, 1.807) is 0 Å². The SMILES string of the molecule is Cl.N[C@@H](Cc1ccccc1)c1nc(C(=O)N2C[C@H]3CC(O)C[C@H]3C2)cs1. The number of hydrogen-bond acceptors (Lipinski definition) is 5. The number of nitrogens with two attached hydrogens (primary N) is 1. The van der Waals surface area contributed by atoms with Crippen molar-refractivity contribution < 1.29 is 9.90 Å². The van der Waals surface area contributed by atoms with Gasteiger partial charge in [-0.3, -0.25) is 4.79 Å². The summed E-state index contributed by atoms with van der Waals surface area (Å²) in [7, 11) is 0. The lowest BCUT2D eigenvalue weighted by molar-refractivity contribution is 0.0760. The van der Waals surface area contributed by atoms with Gasteiger partial charge < -0.3 is 15.7 Å². The summed E-state index contributed by atoms with van der Waals surface area (Å²) in [5.41, 5.74) is 7.95. The summed E-state index contributed by atoms with van der Waals surface area (Å²) in [4.78, 5) is 19.1. The van der Waals surface area contributed by atoms with Crippen LogP contribution in [0.5, 0.6) is 0 Å². The van der Waals surface area contributed by atoms with Gasteiger partial charge >= 0.3 is 0 Å². The van der Waals surface area contributed by atoms with Crippen LogP contribution in [0.1, 0.15) is 39.9 Å². The van der Waals surface area contributed by atoms with Gasteiger partial charge in [-0.15, -0.1) is 23.7 Å². The van der Waals surface area contributed by atoms with E-state index in [1.807, 2.05) is 28.5 Å². The Labute approximate surface area is 163 Å². The highest BCUT2D eigenvalue weighted by molar-refractivity contribution is 7.09. The molecule has 0 radical (unpaired) electrons. The molecule has 0 spiro atoms. The Balaban J connectivity index is 0.00000196. The van der Waals surface area contributed by atoms with Crippen LogP contribution in [0.2, 0.25) is 0 Å². The minimum Gasteiger partial charge on any atom is -0.393 e. The van der Waals surface area contributed by atoms with E-state index in [9.17, 15) is 9.90 Å². The summed E-state index contributed by atoms with van der Waals surface area (Å²) in [5, 5.41) is 12.4. The number of rotatable bonds is 4. The average molecular weight is 394 g/mol. The predicted octanol–water partition coefficient (Wildman–Crippen LogP) is 2.65. The summed E-state index contributed by atoms with van der Waals surface area (Å²) in [6, 6.07) is 9.90. The molecule has 1 unspecified atom stereocenters. The largest absolute Gasteiger partial charge is 0.393 e. The number of aliphatic hydroxyl groups excluding tert-OH is 1. The number of carbonyl (C=O) groups is 1. The van der Waals surface area contributed by atoms with Crippen molar-refractivity contribution in [1.82, 2.24) is 9.88 Å². The van der Waals surface area contributed by atoms with Crippen LogP contribution in [-0.4, -0.2) is 40.1 Å². The fourth-order valence-corrected chi connectivity index (χ4v) is 4.90. The summed E-state index contributed by atoms with van der Waals surface area (Å²) < 4.78 is 0. The molecule has 7 heteroatoms. The number of likely N-dealkylation sites (tertiary alicyclic amines) is 1. The molecular weight excluding hydrogens is 370 g/mol. The molecule has 2 aromatic rings. The van der Waals surface area contributed by atoms with Crippen LogP contribution in [0, 0.1) is 11.8 Å². The van der Waals surface area contributed by atoms with E-state index in [0.717, 1.165) is 30.9 Å². The minimum atomic E-state index is -0.193. The summed E-state index contributed by atoms with van der Waals surface area (Å²) in [5.74, 6) is 0.882. The van der Waals surface area contributed by atoms with Crippen molar-refractivity contribution in [3.05, 3.63) is 52.0 Å². The molecule has 1 aromatic heterocycles. The number of halogens is 1. The second-order valence-electron chi connectivity index (χ2n) is 7.22. The van der Waals surface area contributed by atoms with Gasteiger partial charge in [-0.25, -0.2) is 4.98 Å². The van der Waals surface area contributed by atoms with Gasteiger partial charge in [0, 0.05) is 18.5 Å². The first-order chi connectivity index (χ1) is 12.1. The highest BCUT2D eigenvalue weighted by atomic mass is 35.5. The van der Waals surface area contributed by atoms with E-state index in [1.165, 1.54) is 16.9 Å². The number of aromatic nitrogens is 1. The maximum atomic E-state index is 12.7. The third-order valence-corrected chi connectivity index (χ3v) is 6.35. The molecule has 1 saturated heterocycles. The molecule has 140 valence electrons. The monoisotopic (exact) mass is 393 g/mol. The Kier molecular flexibility index (Phi) is 5.97. The predicted molar refractivity (Wildman–Crippen MR) is 105 cm³/mol. The van der Waals surface area contributed by atoms with Crippen LogP contribution in [-0.2, 0) is 6.42 Å². The lowest BCUT2D eigenvalue weighted by atomic mass is 10.0.